The van der Waals surface area contributed by atoms with Crippen LogP contribution in [-0.2, 0) is 11.3 Å². The molecule has 1 aromatic heterocycles. The number of rotatable bonds is 11. The molecule has 0 radical (unpaired) electrons. The van der Waals surface area contributed by atoms with Gasteiger partial charge in [0.05, 0.1) is 6.61 Å². The molecular weight excluding hydrogens is 248 g/mol. The second-order valence-corrected chi connectivity index (χ2v) is 5.81. The first-order chi connectivity index (χ1) is 8.43. The molecule has 1 nitrogen and oxygen atoms in total. The minimum absolute atomic E-state index is 0.791. The van der Waals surface area contributed by atoms with Crippen molar-refractivity contribution in [1.29, 1.82) is 0 Å². The molecule has 0 unspecified atom stereocenters. The largest absolute Gasteiger partial charge is 0.376 e. The van der Waals surface area contributed by atoms with Crippen LogP contribution in [0.1, 0.15) is 49.8 Å². The third-order valence-corrected chi connectivity index (χ3v) is 3.94. The minimum atomic E-state index is 0.791. The van der Waals surface area contributed by atoms with Crippen molar-refractivity contribution >= 4 is 24.0 Å². The Balaban J connectivity index is 1.76. The second kappa shape index (κ2) is 11.1. The van der Waals surface area contributed by atoms with Crippen LogP contribution in [0.2, 0.25) is 0 Å². The van der Waals surface area contributed by atoms with E-state index in [2.05, 4.69) is 30.1 Å². The van der Waals surface area contributed by atoms with Crippen LogP contribution in [0, 0.1) is 0 Å². The van der Waals surface area contributed by atoms with Gasteiger partial charge in [0.25, 0.3) is 0 Å². The maximum absolute atomic E-state index is 5.62. The molecule has 0 saturated carbocycles. The van der Waals surface area contributed by atoms with E-state index in [1.807, 2.05) is 0 Å². The molecule has 0 aliphatic heterocycles. The number of ether oxygens (including phenoxy) is 1. The van der Waals surface area contributed by atoms with Crippen molar-refractivity contribution < 1.29 is 4.74 Å². The molecule has 0 fully saturated rings. The van der Waals surface area contributed by atoms with Crippen LogP contribution >= 0.6 is 24.0 Å². The number of thiophene rings is 1. The first-order valence-corrected chi connectivity index (χ1v) is 8.15. The molecular formula is C14H24OS2. The Morgan fingerprint density at radius 1 is 1.00 bits per heavy atom. The Morgan fingerprint density at radius 3 is 2.35 bits per heavy atom. The standard InChI is InChI=1S/C14H24OS2/c16-11-7-5-3-1-2-4-6-10-15-13-14-9-8-12-17-14/h8-9,12,16H,1-7,10-11,13H2. The van der Waals surface area contributed by atoms with E-state index in [0.29, 0.717) is 0 Å². The van der Waals surface area contributed by atoms with Gasteiger partial charge in [-0.2, -0.15) is 12.6 Å². The summed E-state index contributed by atoms with van der Waals surface area (Å²) < 4.78 is 5.62. The molecule has 0 aliphatic rings. The predicted molar refractivity (Wildman–Crippen MR) is 80.1 cm³/mol. The molecule has 1 aromatic rings. The highest BCUT2D eigenvalue weighted by Gasteiger charge is 1.94. The van der Waals surface area contributed by atoms with E-state index in [1.54, 1.807) is 11.3 Å². The lowest BCUT2D eigenvalue weighted by Crippen LogP contribution is -1.93. The van der Waals surface area contributed by atoms with Crippen molar-refractivity contribution in [3.05, 3.63) is 22.4 Å². The SMILES string of the molecule is SCCCCCCCCCOCc1cccs1. The van der Waals surface area contributed by atoms with Crippen molar-refractivity contribution in [2.45, 2.75) is 51.6 Å². The van der Waals surface area contributed by atoms with Crippen molar-refractivity contribution in [1.82, 2.24) is 0 Å². The van der Waals surface area contributed by atoms with Crippen molar-refractivity contribution in [2.75, 3.05) is 12.4 Å². The third kappa shape index (κ3) is 8.70. The van der Waals surface area contributed by atoms with Gasteiger partial charge in [0, 0.05) is 11.5 Å². The second-order valence-electron chi connectivity index (χ2n) is 4.33. The molecule has 98 valence electrons. The molecule has 1 heterocycles. The van der Waals surface area contributed by atoms with Gasteiger partial charge in [-0.15, -0.1) is 11.3 Å². The zero-order chi connectivity index (χ0) is 12.2. The maximum atomic E-state index is 5.62. The van der Waals surface area contributed by atoms with E-state index in [4.69, 9.17) is 4.74 Å². The summed E-state index contributed by atoms with van der Waals surface area (Å²) in [5, 5.41) is 2.10. The monoisotopic (exact) mass is 272 g/mol. The highest BCUT2D eigenvalue weighted by molar-refractivity contribution is 7.80. The molecule has 0 N–H and O–H groups in total. The van der Waals surface area contributed by atoms with Crippen molar-refractivity contribution in [2.24, 2.45) is 0 Å². The van der Waals surface area contributed by atoms with Crippen LogP contribution in [0.25, 0.3) is 0 Å². The van der Waals surface area contributed by atoms with E-state index >= 15 is 0 Å². The van der Waals surface area contributed by atoms with Gasteiger partial charge in [-0.05, 0) is 30.0 Å². The average molecular weight is 272 g/mol. The molecule has 0 aliphatic carbocycles. The van der Waals surface area contributed by atoms with Gasteiger partial charge in [-0.25, -0.2) is 0 Å². The summed E-state index contributed by atoms with van der Waals surface area (Å²) in [4.78, 5) is 1.33. The smallest absolute Gasteiger partial charge is 0.0809 e. The Bertz CT molecular complexity index is 247. The lowest BCUT2D eigenvalue weighted by Gasteiger charge is -2.03. The molecule has 0 amide bonds. The molecule has 0 atom stereocenters. The van der Waals surface area contributed by atoms with E-state index in [1.165, 1.54) is 49.8 Å². The molecule has 0 bridgehead atoms. The van der Waals surface area contributed by atoms with Gasteiger partial charge in [-0.3, -0.25) is 0 Å². The number of thiol groups is 1. The van der Waals surface area contributed by atoms with E-state index in [9.17, 15) is 0 Å². The molecule has 0 aromatic carbocycles. The van der Waals surface area contributed by atoms with E-state index in [-0.39, 0.29) is 0 Å². The normalized spacial score (nSPS) is 10.9. The Morgan fingerprint density at radius 2 is 1.71 bits per heavy atom. The lowest BCUT2D eigenvalue weighted by atomic mass is 10.1. The van der Waals surface area contributed by atoms with Crippen LogP contribution in [-0.4, -0.2) is 12.4 Å². The summed E-state index contributed by atoms with van der Waals surface area (Å²) in [7, 11) is 0. The topological polar surface area (TPSA) is 9.23 Å². The molecule has 0 saturated heterocycles. The highest BCUT2D eigenvalue weighted by atomic mass is 32.1. The van der Waals surface area contributed by atoms with Crippen molar-refractivity contribution in [3.8, 4) is 0 Å². The fourth-order valence-corrected chi connectivity index (χ4v) is 2.63. The summed E-state index contributed by atoms with van der Waals surface area (Å²) >= 11 is 5.98. The van der Waals surface area contributed by atoms with Gasteiger partial charge in [0.1, 0.15) is 0 Å². The number of hydrogen-bond donors (Lipinski definition) is 1. The van der Waals surface area contributed by atoms with E-state index < -0.39 is 0 Å². The van der Waals surface area contributed by atoms with Crippen LogP contribution in [0.4, 0.5) is 0 Å². The fraction of sp³-hybridized carbons (Fsp3) is 0.714. The minimum Gasteiger partial charge on any atom is -0.376 e. The third-order valence-electron chi connectivity index (χ3n) is 2.77. The average Bonchev–Trinajstić information content (AvgIpc) is 2.85. The predicted octanol–water partition coefficient (Wildman–Crippen LogP) is 4.93. The highest BCUT2D eigenvalue weighted by Crippen LogP contribution is 2.11. The fourth-order valence-electron chi connectivity index (χ4n) is 1.77. The van der Waals surface area contributed by atoms with Gasteiger partial charge in [0.2, 0.25) is 0 Å². The van der Waals surface area contributed by atoms with Crippen molar-refractivity contribution in [3.63, 3.8) is 0 Å². The molecule has 3 heteroatoms. The zero-order valence-corrected chi connectivity index (χ0v) is 12.3. The van der Waals surface area contributed by atoms with E-state index in [0.717, 1.165) is 19.0 Å². The summed E-state index contributed by atoms with van der Waals surface area (Å²) in [6.07, 6.45) is 9.24. The summed E-state index contributed by atoms with van der Waals surface area (Å²) in [6.45, 7) is 1.70. The first kappa shape index (κ1) is 15.1. The first-order valence-electron chi connectivity index (χ1n) is 6.64. The van der Waals surface area contributed by atoms with Crippen LogP contribution in [0.5, 0.6) is 0 Å². The van der Waals surface area contributed by atoms with Crippen LogP contribution in [0.15, 0.2) is 17.5 Å². The lowest BCUT2D eigenvalue weighted by molar-refractivity contribution is 0.118. The summed E-state index contributed by atoms with van der Waals surface area (Å²) in [6, 6.07) is 4.21. The quantitative estimate of drug-likeness (QED) is 0.444. The summed E-state index contributed by atoms with van der Waals surface area (Å²) in [5.41, 5.74) is 0. The van der Waals surface area contributed by atoms with Gasteiger partial charge >= 0.3 is 0 Å². The Labute approximate surface area is 115 Å². The van der Waals surface area contributed by atoms with Gasteiger partial charge < -0.3 is 4.74 Å². The Hall–Kier alpha value is 0.01000. The van der Waals surface area contributed by atoms with Gasteiger partial charge in [0.15, 0.2) is 0 Å². The Kier molecular flexibility index (Phi) is 9.86. The maximum Gasteiger partial charge on any atom is 0.0809 e. The van der Waals surface area contributed by atoms with Crippen LogP contribution in [0.3, 0.4) is 0 Å². The van der Waals surface area contributed by atoms with Crippen LogP contribution < -0.4 is 0 Å². The molecule has 17 heavy (non-hydrogen) atoms. The molecule has 0 spiro atoms. The molecule has 1 rings (SSSR count). The number of unbranched alkanes of at least 4 members (excludes halogenated alkanes) is 6. The summed E-state index contributed by atoms with van der Waals surface area (Å²) in [5.74, 6) is 1.04. The van der Waals surface area contributed by atoms with Gasteiger partial charge in [-0.1, -0.05) is 38.2 Å². The zero-order valence-electron chi connectivity index (χ0n) is 10.6. The number of hydrogen-bond acceptors (Lipinski definition) is 3.